The molecule has 7 heteroatoms. The van der Waals surface area contributed by atoms with Crippen LogP contribution in [0.1, 0.15) is 109 Å². The third kappa shape index (κ3) is 8.04. The van der Waals surface area contributed by atoms with Crippen molar-refractivity contribution in [3.63, 3.8) is 0 Å². The first-order chi connectivity index (χ1) is 17.5. The Kier molecular flexibility index (Phi) is 10.7. The van der Waals surface area contributed by atoms with Gasteiger partial charge in [0.15, 0.2) is 5.78 Å². The molecule has 1 fully saturated rings. The molecular weight excluding hydrogens is 460 g/mol. The van der Waals surface area contributed by atoms with Crippen molar-refractivity contribution < 1.29 is 33.7 Å². The Morgan fingerprint density at radius 1 is 0.778 bits per heavy atom. The number of unbranched alkanes of at least 4 members (excludes halogenated alkanes) is 4. The number of hydrogen-bond donors (Lipinski definition) is 0. The van der Waals surface area contributed by atoms with Crippen LogP contribution in [0.15, 0.2) is 48.5 Å². The number of hydrogen-bond acceptors (Lipinski definition) is 7. The van der Waals surface area contributed by atoms with Gasteiger partial charge in [0.1, 0.15) is 11.3 Å². The summed E-state index contributed by atoms with van der Waals surface area (Å²) in [5, 5.41) is 0. The van der Waals surface area contributed by atoms with Gasteiger partial charge in [-0.1, -0.05) is 70.1 Å². The highest BCUT2D eigenvalue weighted by Crippen LogP contribution is 2.28. The molecular formula is C29H34O7. The zero-order chi connectivity index (χ0) is 25.8. The van der Waals surface area contributed by atoms with E-state index in [0.29, 0.717) is 12.0 Å². The molecule has 0 unspecified atom stereocenters. The SMILES string of the molecule is CCCCCCCC(=O)c1ccc(OC(=O)C2CCCCC2)c(C(=O)OOC(=O)c2ccccc2)c1. The van der Waals surface area contributed by atoms with Crippen LogP contribution in [0, 0.1) is 5.92 Å². The van der Waals surface area contributed by atoms with Crippen LogP contribution in [-0.2, 0) is 14.6 Å². The van der Waals surface area contributed by atoms with Gasteiger partial charge in [0.2, 0.25) is 0 Å². The molecule has 192 valence electrons. The monoisotopic (exact) mass is 494 g/mol. The second kappa shape index (κ2) is 14.2. The lowest BCUT2D eigenvalue weighted by Gasteiger charge is -2.20. The Morgan fingerprint density at radius 2 is 1.47 bits per heavy atom. The molecule has 0 spiro atoms. The van der Waals surface area contributed by atoms with E-state index in [9.17, 15) is 19.2 Å². The van der Waals surface area contributed by atoms with Crippen LogP contribution in [0.3, 0.4) is 0 Å². The van der Waals surface area contributed by atoms with E-state index >= 15 is 0 Å². The van der Waals surface area contributed by atoms with Crippen LogP contribution in [0.2, 0.25) is 0 Å². The van der Waals surface area contributed by atoms with E-state index in [0.717, 1.165) is 64.2 Å². The van der Waals surface area contributed by atoms with Gasteiger partial charge in [0.05, 0.1) is 11.5 Å². The molecule has 1 aliphatic rings. The average Bonchev–Trinajstić information content (AvgIpc) is 2.92. The third-order valence-electron chi connectivity index (χ3n) is 6.38. The van der Waals surface area contributed by atoms with Gasteiger partial charge < -0.3 is 4.74 Å². The highest BCUT2D eigenvalue weighted by Gasteiger charge is 2.27. The fourth-order valence-electron chi connectivity index (χ4n) is 4.26. The Hall–Kier alpha value is -3.48. The Labute approximate surface area is 212 Å². The Balaban J connectivity index is 1.73. The van der Waals surface area contributed by atoms with Crippen molar-refractivity contribution in [2.75, 3.05) is 0 Å². The summed E-state index contributed by atoms with van der Waals surface area (Å²) < 4.78 is 5.57. The predicted molar refractivity (Wildman–Crippen MR) is 134 cm³/mol. The standard InChI is InChI=1S/C29H34O7/c1-2-3-4-5-12-17-25(30)23-18-19-26(34-27(31)21-13-8-6-9-14-21)24(20-23)29(33)36-35-28(32)22-15-10-7-11-16-22/h7,10-11,15-16,18-21H,2-6,8-9,12-14,17H2,1H3. The molecule has 0 heterocycles. The van der Waals surface area contributed by atoms with E-state index in [1.807, 2.05) is 0 Å². The summed E-state index contributed by atoms with van der Waals surface area (Å²) in [6.07, 6.45) is 9.86. The number of carbonyl (C=O) groups excluding carboxylic acids is 4. The minimum absolute atomic E-state index is 0.0224. The summed E-state index contributed by atoms with van der Waals surface area (Å²) in [5.41, 5.74) is 0.377. The number of carbonyl (C=O) groups is 4. The van der Waals surface area contributed by atoms with Crippen LogP contribution in [-0.4, -0.2) is 23.7 Å². The first-order valence-corrected chi connectivity index (χ1v) is 12.9. The lowest BCUT2D eigenvalue weighted by atomic mass is 9.89. The lowest BCUT2D eigenvalue weighted by Crippen LogP contribution is -2.24. The van der Waals surface area contributed by atoms with Crippen molar-refractivity contribution in [1.82, 2.24) is 0 Å². The average molecular weight is 495 g/mol. The normalized spacial score (nSPS) is 13.6. The van der Waals surface area contributed by atoms with E-state index in [2.05, 4.69) is 6.92 Å². The van der Waals surface area contributed by atoms with Crippen LogP contribution in [0.4, 0.5) is 0 Å². The van der Waals surface area contributed by atoms with Crippen LogP contribution < -0.4 is 4.74 Å². The van der Waals surface area contributed by atoms with Crippen LogP contribution >= 0.6 is 0 Å². The molecule has 0 bridgehead atoms. The zero-order valence-electron chi connectivity index (χ0n) is 20.8. The Bertz CT molecular complexity index is 1040. The summed E-state index contributed by atoms with van der Waals surface area (Å²) in [6.45, 7) is 2.13. The fourth-order valence-corrected chi connectivity index (χ4v) is 4.26. The molecule has 3 rings (SSSR count). The maximum absolute atomic E-state index is 12.9. The van der Waals surface area contributed by atoms with E-state index < -0.39 is 17.9 Å². The summed E-state index contributed by atoms with van der Waals surface area (Å²) in [4.78, 5) is 60.0. The van der Waals surface area contributed by atoms with Crippen molar-refractivity contribution in [1.29, 1.82) is 0 Å². The number of esters is 1. The summed E-state index contributed by atoms with van der Waals surface area (Å²) in [7, 11) is 0. The minimum Gasteiger partial charge on any atom is -0.425 e. The van der Waals surface area contributed by atoms with E-state index in [-0.39, 0.29) is 28.6 Å². The molecule has 0 N–H and O–H groups in total. The maximum atomic E-state index is 12.9. The second-order valence-corrected chi connectivity index (χ2v) is 9.16. The number of ether oxygens (including phenoxy) is 1. The Morgan fingerprint density at radius 3 is 2.19 bits per heavy atom. The summed E-state index contributed by atoms with van der Waals surface area (Å²) in [6, 6.07) is 12.4. The van der Waals surface area contributed by atoms with Gasteiger partial charge in [-0.15, -0.1) is 0 Å². The predicted octanol–water partition coefficient (Wildman–Crippen LogP) is 6.64. The maximum Gasteiger partial charge on any atom is 0.390 e. The molecule has 0 aromatic heterocycles. The van der Waals surface area contributed by atoms with Crippen LogP contribution in [0.5, 0.6) is 5.75 Å². The first-order valence-electron chi connectivity index (χ1n) is 12.9. The molecule has 0 saturated heterocycles. The van der Waals surface area contributed by atoms with Crippen molar-refractivity contribution >= 4 is 23.7 Å². The van der Waals surface area contributed by atoms with Crippen LogP contribution in [0.25, 0.3) is 0 Å². The smallest absolute Gasteiger partial charge is 0.390 e. The van der Waals surface area contributed by atoms with Gasteiger partial charge in [0.25, 0.3) is 0 Å². The molecule has 0 radical (unpaired) electrons. The molecule has 7 nitrogen and oxygen atoms in total. The number of Topliss-reactive ketones (excluding diaryl/α,β-unsaturated/α-hetero) is 1. The third-order valence-corrected chi connectivity index (χ3v) is 6.38. The first kappa shape index (κ1) is 27.1. The summed E-state index contributed by atoms with van der Waals surface area (Å²) in [5.74, 6) is -2.66. The zero-order valence-corrected chi connectivity index (χ0v) is 20.8. The van der Waals surface area contributed by atoms with Gasteiger partial charge >= 0.3 is 17.9 Å². The van der Waals surface area contributed by atoms with E-state index in [4.69, 9.17) is 14.5 Å². The van der Waals surface area contributed by atoms with Crippen molar-refractivity contribution in [3.05, 3.63) is 65.2 Å². The minimum atomic E-state index is -1.02. The van der Waals surface area contributed by atoms with Gasteiger partial charge in [-0.05, 0) is 49.6 Å². The largest absolute Gasteiger partial charge is 0.425 e. The molecule has 36 heavy (non-hydrogen) atoms. The molecule has 0 amide bonds. The van der Waals surface area contributed by atoms with E-state index in [1.165, 1.54) is 24.3 Å². The van der Waals surface area contributed by atoms with Crippen molar-refractivity contribution in [2.45, 2.75) is 77.6 Å². The molecule has 1 aliphatic carbocycles. The van der Waals surface area contributed by atoms with Crippen molar-refractivity contribution in [3.8, 4) is 5.75 Å². The number of rotatable bonds is 11. The highest BCUT2D eigenvalue weighted by atomic mass is 17.2. The van der Waals surface area contributed by atoms with Gasteiger partial charge in [-0.3, -0.25) is 9.59 Å². The fraction of sp³-hybridized carbons (Fsp3) is 0.448. The van der Waals surface area contributed by atoms with Crippen molar-refractivity contribution in [2.24, 2.45) is 5.92 Å². The highest BCUT2D eigenvalue weighted by molar-refractivity contribution is 6.01. The molecule has 1 saturated carbocycles. The topological polar surface area (TPSA) is 96.0 Å². The van der Waals surface area contributed by atoms with Gasteiger partial charge in [-0.25, -0.2) is 19.4 Å². The summed E-state index contributed by atoms with van der Waals surface area (Å²) >= 11 is 0. The van der Waals surface area contributed by atoms with Gasteiger partial charge in [0, 0.05) is 12.0 Å². The van der Waals surface area contributed by atoms with E-state index in [1.54, 1.807) is 24.3 Å². The number of benzene rings is 2. The molecule has 0 aliphatic heterocycles. The second-order valence-electron chi connectivity index (χ2n) is 9.16. The van der Waals surface area contributed by atoms with Gasteiger partial charge in [-0.2, -0.15) is 0 Å². The molecule has 2 aromatic rings. The number of ketones is 1. The molecule has 2 aromatic carbocycles. The quantitative estimate of drug-likeness (QED) is 0.0862. The molecule has 0 atom stereocenters. The lowest BCUT2D eigenvalue weighted by molar-refractivity contribution is -0.187.